The minimum absolute atomic E-state index is 0.135. The van der Waals surface area contributed by atoms with E-state index in [1.165, 1.54) is 11.8 Å². The highest BCUT2D eigenvalue weighted by Crippen LogP contribution is 2.31. The summed E-state index contributed by atoms with van der Waals surface area (Å²) in [4.78, 5) is 13.4. The highest BCUT2D eigenvalue weighted by atomic mass is 35.5. The molecule has 5 nitrogen and oxygen atoms in total. The second kappa shape index (κ2) is 11.0. The summed E-state index contributed by atoms with van der Waals surface area (Å²) in [5, 5.41) is 10.3. The predicted octanol–water partition coefficient (Wildman–Crippen LogP) is 6.20. The number of anilines is 3. The number of thiocarbonyl (C=S) groups is 1. The molecule has 0 atom stereocenters. The quantitative estimate of drug-likeness (QED) is 0.282. The topological polar surface area (TPSA) is 62.4 Å². The standard InChI is InChI=1S/C23H22ClN3O2S2/c1-15-11-20(21(29-2)13-19(15)24)27-22(28)14-31-18-10-6-9-17(12-18)26-23(30)25-16-7-4-3-5-8-16/h3-13H,14H2,1-2H3,(H,27,28)(H2,25,26,30). The number of ether oxygens (including phenoxy) is 1. The SMILES string of the molecule is COc1cc(Cl)c(C)cc1NC(=O)CSc1cccc(NC(=S)Nc2ccccc2)c1. The number of hydrogen-bond donors (Lipinski definition) is 3. The zero-order valence-electron chi connectivity index (χ0n) is 17.1. The third kappa shape index (κ3) is 6.89. The Morgan fingerprint density at radius 1 is 1.00 bits per heavy atom. The molecule has 8 heteroatoms. The van der Waals surface area contributed by atoms with Crippen LogP contribution in [0.3, 0.4) is 0 Å². The Balaban J connectivity index is 1.56. The van der Waals surface area contributed by atoms with Gasteiger partial charge in [0.15, 0.2) is 5.11 Å². The van der Waals surface area contributed by atoms with Crippen molar-refractivity contribution in [3.63, 3.8) is 0 Å². The normalized spacial score (nSPS) is 10.3. The Bertz CT molecular complexity index is 1080. The number of carbonyl (C=O) groups excluding carboxylic acids is 1. The fourth-order valence-corrected chi connectivity index (χ4v) is 3.89. The van der Waals surface area contributed by atoms with E-state index in [4.69, 9.17) is 28.6 Å². The molecule has 3 aromatic rings. The molecule has 0 radical (unpaired) electrons. The van der Waals surface area contributed by atoms with Gasteiger partial charge >= 0.3 is 0 Å². The Hall–Kier alpha value is -2.74. The summed E-state index contributed by atoms with van der Waals surface area (Å²) in [6.45, 7) is 1.88. The smallest absolute Gasteiger partial charge is 0.234 e. The first-order chi connectivity index (χ1) is 14.9. The van der Waals surface area contributed by atoms with Crippen LogP contribution >= 0.6 is 35.6 Å². The van der Waals surface area contributed by atoms with E-state index in [2.05, 4.69) is 16.0 Å². The van der Waals surface area contributed by atoms with Gasteiger partial charge in [0.25, 0.3) is 0 Å². The van der Waals surface area contributed by atoms with Crippen molar-refractivity contribution in [2.45, 2.75) is 11.8 Å². The van der Waals surface area contributed by atoms with Crippen LogP contribution in [0.1, 0.15) is 5.56 Å². The summed E-state index contributed by atoms with van der Waals surface area (Å²) in [6.07, 6.45) is 0. The van der Waals surface area contributed by atoms with E-state index >= 15 is 0 Å². The fraction of sp³-hybridized carbons (Fsp3) is 0.130. The maximum atomic E-state index is 12.4. The predicted molar refractivity (Wildman–Crippen MR) is 135 cm³/mol. The molecule has 0 spiro atoms. The minimum Gasteiger partial charge on any atom is -0.495 e. The highest BCUT2D eigenvalue weighted by Gasteiger charge is 2.11. The monoisotopic (exact) mass is 471 g/mol. The Kier molecular flexibility index (Phi) is 8.17. The van der Waals surface area contributed by atoms with Gasteiger partial charge in [0.1, 0.15) is 5.75 Å². The van der Waals surface area contributed by atoms with Gasteiger partial charge in [-0.25, -0.2) is 0 Å². The van der Waals surface area contributed by atoms with Gasteiger partial charge in [-0.3, -0.25) is 4.79 Å². The van der Waals surface area contributed by atoms with Crippen LogP contribution in [0.25, 0.3) is 0 Å². The number of nitrogens with one attached hydrogen (secondary N) is 3. The summed E-state index contributed by atoms with van der Waals surface area (Å²) in [6, 6.07) is 20.9. The third-order valence-electron chi connectivity index (χ3n) is 4.25. The number of aryl methyl sites for hydroxylation is 1. The molecule has 31 heavy (non-hydrogen) atoms. The van der Waals surface area contributed by atoms with E-state index in [1.807, 2.05) is 61.5 Å². The molecule has 0 saturated heterocycles. The van der Waals surface area contributed by atoms with Gasteiger partial charge in [-0.15, -0.1) is 11.8 Å². The number of para-hydroxylation sites is 1. The number of hydrogen-bond acceptors (Lipinski definition) is 4. The number of halogens is 1. The van der Waals surface area contributed by atoms with E-state index in [0.29, 0.717) is 21.6 Å². The molecule has 1 amide bonds. The lowest BCUT2D eigenvalue weighted by Gasteiger charge is -2.13. The molecule has 0 heterocycles. The van der Waals surface area contributed by atoms with Crippen LogP contribution in [-0.4, -0.2) is 23.9 Å². The molecule has 3 aromatic carbocycles. The van der Waals surface area contributed by atoms with Crippen molar-refractivity contribution in [2.24, 2.45) is 0 Å². The second-order valence-corrected chi connectivity index (χ2v) is 8.48. The van der Waals surface area contributed by atoms with Crippen LogP contribution < -0.4 is 20.7 Å². The van der Waals surface area contributed by atoms with Gasteiger partial charge in [-0.1, -0.05) is 35.9 Å². The van der Waals surface area contributed by atoms with Gasteiger partial charge in [-0.2, -0.15) is 0 Å². The average molecular weight is 472 g/mol. The molecular weight excluding hydrogens is 450 g/mol. The fourth-order valence-electron chi connectivity index (χ4n) is 2.74. The first-order valence-electron chi connectivity index (χ1n) is 9.44. The summed E-state index contributed by atoms with van der Waals surface area (Å²) in [5.41, 5.74) is 3.22. The van der Waals surface area contributed by atoms with Crippen molar-refractivity contribution >= 4 is 63.7 Å². The van der Waals surface area contributed by atoms with E-state index in [1.54, 1.807) is 19.2 Å². The number of benzene rings is 3. The summed E-state index contributed by atoms with van der Waals surface area (Å²) in [7, 11) is 1.54. The number of rotatable bonds is 7. The molecule has 0 fully saturated rings. The van der Waals surface area contributed by atoms with Crippen LogP contribution in [0.2, 0.25) is 5.02 Å². The molecule has 0 aliphatic heterocycles. The lowest BCUT2D eigenvalue weighted by atomic mass is 10.2. The first-order valence-corrected chi connectivity index (χ1v) is 11.2. The zero-order chi connectivity index (χ0) is 22.2. The molecular formula is C23H22ClN3O2S2. The molecule has 0 saturated carbocycles. The molecule has 0 aliphatic carbocycles. The van der Waals surface area contributed by atoms with Crippen molar-refractivity contribution < 1.29 is 9.53 Å². The number of carbonyl (C=O) groups is 1. The van der Waals surface area contributed by atoms with Gasteiger partial charge in [0.05, 0.1) is 18.6 Å². The van der Waals surface area contributed by atoms with Crippen molar-refractivity contribution in [1.82, 2.24) is 0 Å². The lowest BCUT2D eigenvalue weighted by molar-refractivity contribution is -0.113. The Morgan fingerprint density at radius 2 is 1.71 bits per heavy atom. The maximum absolute atomic E-state index is 12.4. The molecule has 160 valence electrons. The van der Waals surface area contributed by atoms with Crippen molar-refractivity contribution in [2.75, 3.05) is 28.8 Å². The van der Waals surface area contributed by atoms with Gasteiger partial charge < -0.3 is 20.7 Å². The lowest BCUT2D eigenvalue weighted by Crippen LogP contribution is -2.19. The summed E-state index contributed by atoms with van der Waals surface area (Å²) >= 11 is 12.9. The van der Waals surface area contributed by atoms with Crippen LogP contribution in [0.15, 0.2) is 71.6 Å². The molecule has 0 unspecified atom stereocenters. The number of thioether (sulfide) groups is 1. The van der Waals surface area contributed by atoms with Crippen LogP contribution in [-0.2, 0) is 4.79 Å². The largest absolute Gasteiger partial charge is 0.495 e. The molecule has 0 aliphatic rings. The highest BCUT2D eigenvalue weighted by molar-refractivity contribution is 8.00. The zero-order valence-corrected chi connectivity index (χ0v) is 19.5. The van der Waals surface area contributed by atoms with Crippen LogP contribution in [0, 0.1) is 6.92 Å². The summed E-state index contributed by atoms with van der Waals surface area (Å²) in [5.74, 6) is 0.644. The number of amides is 1. The number of methoxy groups -OCH3 is 1. The van der Waals surface area contributed by atoms with Crippen molar-refractivity contribution in [3.8, 4) is 5.75 Å². The Morgan fingerprint density at radius 3 is 2.45 bits per heavy atom. The van der Waals surface area contributed by atoms with E-state index < -0.39 is 0 Å². The Labute approximate surface area is 196 Å². The first kappa shape index (κ1) is 22.9. The minimum atomic E-state index is -0.135. The van der Waals surface area contributed by atoms with Gasteiger partial charge in [0.2, 0.25) is 5.91 Å². The van der Waals surface area contributed by atoms with Crippen molar-refractivity contribution in [1.29, 1.82) is 0 Å². The third-order valence-corrected chi connectivity index (χ3v) is 5.85. The average Bonchev–Trinajstić information content (AvgIpc) is 2.75. The summed E-state index contributed by atoms with van der Waals surface area (Å²) < 4.78 is 5.31. The van der Waals surface area contributed by atoms with E-state index in [0.717, 1.165) is 21.8 Å². The van der Waals surface area contributed by atoms with Crippen LogP contribution in [0.4, 0.5) is 17.1 Å². The maximum Gasteiger partial charge on any atom is 0.234 e. The van der Waals surface area contributed by atoms with Crippen LogP contribution in [0.5, 0.6) is 5.75 Å². The van der Waals surface area contributed by atoms with Gasteiger partial charge in [0, 0.05) is 27.4 Å². The van der Waals surface area contributed by atoms with Gasteiger partial charge in [-0.05, 0) is 61.1 Å². The molecule has 3 rings (SSSR count). The molecule has 0 bridgehead atoms. The molecule has 0 aromatic heterocycles. The molecule has 3 N–H and O–H groups in total. The van der Waals surface area contributed by atoms with E-state index in [-0.39, 0.29) is 11.7 Å². The second-order valence-electron chi connectivity index (χ2n) is 6.61. The van der Waals surface area contributed by atoms with E-state index in [9.17, 15) is 4.79 Å². The van der Waals surface area contributed by atoms with Crippen molar-refractivity contribution in [3.05, 3.63) is 77.3 Å².